The van der Waals surface area contributed by atoms with Gasteiger partial charge in [-0.1, -0.05) is 0 Å². The van der Waals surface area contributed by atoms with Crippen LogP contribution in [0.1, 0.15) is 22.4 Å². The van der Waals surface area contributed by atoms with Crippen LogP contribution >= 0.6 is 0 Å². The van der Waals surface area contributed by atoms with E-state index in [1.54, 1.807) is 20.0 Å². The molecule has 6 nitrogen and oxygen atoms in total. The first-order chi connectivity index (χ1) is 9.52. The van der Waals surface area contributed by atoms with Gasteiger partial charge in [0.2, 0.25) is 0 Å². The molecule has 2 N–H and O–H groups in total. The van der Waals surface area contributed by atoms with Gasteiger partial charge in [-0.3, -0.25) is 15.1 Å². The molecule has 0 saturated heterocycles. The van der Waals surface area contributed by atoms with Gasteiger partial charge < -0.3 is 10.3 Å². The van der Waals surface area contributed by atoms with Gasteiger partial charge in [-0.05, 0) is 38.4 Å². The average Bonchev–Trinajstić information content (AvgIpc) is 2.81. The van der Waals surface area contributed by atoms with Crippen molar-refractivity contribution in [3.8, 4) is 0 Å². The Morgan fingerprint density at radius 3 is 2.85 bits per heavy atom. The maximum atomic E-state index is 11.1. The van der Waals surface area contributed by atoms with Gasteiger partial charge in [0.25, 0.3) is 5.69 Å². The summed E-state index contributed by atoms with van der Waals surface area (Å²) in [6.07, 6.45) is 6.33. The number of nitrogens with zero attached hydrogens (tertiary/aromatic N) is 3. The molecule has 6 heteroatoms. The van der Waals surface area contributed by atoms with Gasteiger partial charge in [0.15, 0.2) is 0 Å². The number of hydrogen-bond donors (Lipinski definition) is 1. The zero-order valence-corrected chi connectivity index (χ0v) is 11.7. The topological polar surface area (TPSA) is 87.0 Å². The summed E-state index contributed by atoms with van der Waals surface area (Å²) in [7, 11) is 0. The second kappa shape index (κ2) is 5.83. The molecule has 0 radical (unpaired) electrons. The Bertz CT molecular complexity index is 634. The van der Waals surface area contributed by atoms with E-state index in [4.69, 9.17) is 5.73 Å². The predicted molar refractivity (Wildman–Crippen MR) is 76.7 cm³/mol. The van der Waals surface area contributed by atoms with Crippen molar-refractivity contribution in [2.75, 3.05) is 6.54 Å². The molecule has 0 aliphatic rings. The summed E-state index contributed by atoms with van der Waals surface area (Å²) in [4.78, 5) is 15.1. The van der Waals surface area contributed by atoms with E-state index in [2.05, 4.69) is 4.98 Å². The number of aromatic nitrogens is 2. The molecule has 0 aliphatic carbocycles. The molecular formula is C14H18N4O2. The number of rotatable bonds is 5. The van der Waals surface area contributed by atoms with Crippen molar-refractivity contribution in [1.29, 1.82) is 0 Å². The minimum Gasteiger partial charge on any atom is -0.348 e. The number of nitrogens with two attached hydrogens (primary N) is 1. The van der Waals surface area contributed by atoms with E-state index < -0.39 is 0 Å². The molecule has 0 spiro atoms. The average molecular weight is 274 g/mol. The van der Waals surface area contributed by atoms with Gasteiger partial charge in [-0.2, -0.15) is 0 Å². The van der Waals surface area contributed by atoms with Gasteiger partial charge in [0.05, 0.1) is 22.7 Å². The lowest BCUT2D eigenvalue weighted by Crippen LogP contribution is -2.06. The molecule has 2 aromatic heterocycles. The first-order valence-electron chi connectivity index (χ1n) is 6.47. The zero-order chi connectivity index (χ0) is 14.7. The van der Waals surface area contributed by atoms with Crippen molar-refractivity contribution in [2.45, 2.75) is 26.8 Å². The van der Waals surface area contributed by atoms with Gasteiger partial charge in [0.1, 0.15) is 0 Å². The molecule has 2 heterocycles. The van der Waals surface area contributed by atoms with Crippen LogP contribution in [-0.4, -0.2) is 21.0 Å². The second-order valence-corrected chi connectivity index (χ2v) is 4.85. The Labute approximate surface area is 117 Å². The zero-order valence-electron chi connectivity index (χ0n) is 11.7. The molecule has 2 aromatic rings. The van der Waals surface area contributed by atoms with Crippen LogP contribution in [0.3, 0.4) is 0 Å². The van der Waals surface area contributed by atoms with Crippen LogP contribution < -0.4 is 5.73 Å². The molecule has 0 aliphatic heterocycles. The molecule has 0 unspecified atom stereocenters. The summed E-state index contributed by atoms with van der Waals surface area (Å²) < 4.78 is 1.97. The Hall–Kier alpha value is -2.21. The van der Waals surface area contributed by atoms with Crippen LogP contribution in [0.4, 0.5) is 5.69 Å². The molecule has 0 aromatic carbocycles. The van der Waals surface area contributed by atoms with Crippen LogP contribution in [0, 0.1) is 24.0 Å². The van der Waals surface area contributed by atoms with Gasteiger partial charge in [0, 0.05) is 24.2 Å². The van der Waals surface area contributed by atoms with E-state index in [0.717, 1.165) is 17.7 Å². The van der Waals surface area contributed by atoms with E-state index in [1.165, 1.54) is 0 Å². The normalized spacial score (nSPS) is 10.8. The first kappa shape index (κ1) is 14.2. The number of hydrogen-bond acceptors (Lipinski definition) is 4. The molecule has 0 atom stereocenters. The third kappa shape index (κ3) is 2.85. The van der Waals surface area contributed by atoms with E-state index >= 15 is 0 Å². The van der Waals surface area contributed by atoms with Crippen molar-refractivity contribution in [3.05, 3.63) is 57.2 Å². The molecule has 0 saturated carbocycles. The molecule has 0 bridgehead atoms. The van der Waals surface area contributed by atoms with Gasteiger partial charge in [-0.25, -0.2) is 0 Å². The smallest absolute Gasteiger partial charge is 0.278 e. The SMILES string of the molecule is Cc1cnc(Cn2ccc(CCN)c2)c(C)c1[N+](=O)[O-]. The Morgan fingerprint density at radius 2 is 2.20 bits per heavy atom. The fraction of sp³-hybridized carbons (Fsp3) is 0.357. The third-order valence-electron chi connectivity index (χ3n) is 3.34. The lowest BCUT2D eigenvalue weighted by molar-refractivity contribution is -0.386. The van der Waals surface area contributed by atoms with Crippen LogP contribution in [0.25, 0.3) is 0 Å². The molecule has 0 amide bonds. The van der Waals surface area contributed by atoms with Crippen LogP contribution in [0.5, 0.6) is 0 Å². The fourth-order valence-corrected chi connectivity index (χ4v) is 2.28. The summed E-state index contributed by atoms with van der Waals surface area (Å²) in [6, 6.07) is 2.00. The lowest BCUT2D eigenvalue weighted by Gasteiger charge is -2.08. The van der Waals surface area contributed by atoms with Crippen molar-refractivity contribution in [2.24, 2.45) is 5.73 Å². The van der Waals surface area contributed by atoms with Gasteiger partial charge in [-0.15, -0.1) is 0 Å². The largest absolute Gasteiger partial charge is 0.348 e. The molecule has 20 heavy (non-hydrogen) atoms. The summed E-state index contributed by atoms with van der Waals surface area (Å²) in [5.41, 5.74) is 8.77. The van der Waals surface area contributed by atoms with E-state index in [-0.39, 0.29) is 10.6 Å². The number of aryl methyl sites for hydroxylation is 1. The Balaban J connectivity index is 2.29. The maximum absolute atomic E-state index is 11.1. The number of nitro groups is 1. The number of pyridine rings is 1. The highest BCUT2D eigenvalue weighted by molar-refractivity contribution is 5.47. The molecular weight excluding hydrogens is 256 g/mol. The fourth-order valence-electron chi connectivity index (χ4n) is 2.28. The molecule has 106 valence electrons. The van der Waals surface area contributed by atoms with Gasteiger partial charge >= 0.3 is 0 Å². The van der Waals surface area contributed by atoms with E-state index in [0.29, 0.717) is 24.2 Å². The van der Waals surface area contributed by atoms with Crippen LogP contribution in [0.2, 0.25) is 0 Å². The van der Waals surface area contributed by atoms with Crippen LogP contribution in [-0.2, 0) is 13.0 Å². The third-order valence-corrected chi connectivity index (χ3v) is 3.34. The highest BCUT2D eigenvalue weighted by Crippen LogP contribution is 2.24. The highest BCUT2D eigenvalue weighted by atomic mass is 16.6. The lowest BCUT2D eigenvalue weighted by atomic mass is 10.1. The highest BCUT2D eigenvalue weighted by Gasteiger charge is 2.18. The maximum Gasteiger partial charge on any atom is 0.278 e. The van der Waals surface area contributed by atoms with Crippen molar-refractivity contribution in [1.82, 2.24) is 9.55 Å². The Kier molecular flexibility index (Phi) is 4.14. The van der Waals surface area contributed by atoms with Crippen LogP contribution in [0.15, 0.2) is 24.7 Å². The summed E-state index contributed by atoms with van der Waals surface area (Å²) >= 11 is 0. The second-order valence-electron chi connectivity index (χ2n) is 4.85. The minimum absolute atomic E-state index is 0.157. The standard InChI is InChI=1S/C14H18N4O2/c1-10-7-16-13(11(2)14(10)18(19)20)9-17-6-4-12(8-17)3-5-15/h4,6-8H,3,5,9,15H2,1-2H3. The van der Waals surface area contributed by atoms with Crippen molar-refractivity contribution in [3.63, 3.8) is 0 Å². The summed E-state index contributed by atoms with van der Waals surface area (Å²) in [5, 5.41) is 11.1. The molecule has 2 rings (SSSR count). The Morgan fingerprint density at radius 1 is 1.45 bits per heavy atom. The summed E-state index contributed by atoms with van der Waals surface area (Å²) in [5.74, 6) is 0. The first-order valence-corrected chi connectivity index (χ1v) is 6.47. The monoisotopic (exact) mass is 274 g/mol. The van der Waals surface area contributed by atoms with E-state index in [9.17, 15) is 10.1 Å². The van der Waals surface area contributed by atoms with Crippen molar-refractivity contribution < 1.29 is 4.92 Å². The molecule has 0 fully saturated rings. The van der Waals surface area contributed by atoms with Crippen molar-refractivity contribution >= 4 is 5.69 Å². The van der Waals surface area contributed by atoms with E-state index in [1.807, 2.05) is 23.0 Å². The summed E-state index contributed by atoms with van der Waals surface area (Å²) in [6.45, 7) is 4.59. The minimum atomic E-state index is -0.342. The predicted octanol–water partition coefficient (Wildman–Crippen LogP) is 1.96. The quantitative estimate of drug-likeness (QED) is 0.667.